The maximum absolute atomic E-state index is 13.6. The lowest BCUT2D eigenvalue weighted by Gasteiger charge is -2.48. The molecule has 2 fully saturated rings. The van der Waals surface area contributed by atoms with Crippen LogP contribution in [0, 0.1) is 16.5 Å². The van der Waals surface area contributed by atoms with Crippen molar-refractivity contribution in [3.63, 3.8) is 0 Å². The summed E-state index contributed by atoms with van der Waals surface area (Å²) in [6.45, 7) is 1.92. The van der Waals surface area contributed by atoms with Crippen molar-refractivity contribution in [1.29, 1.82) is 0 Å². The van der Waals surface area contributed by atoms with E-state index in [4.69, 9.17) is 0 Å². The minimum Gasteiger partial charge on any atom is -0.595 e. The van der Waals surface area contributed by atoms with Crippen molar-refractivity contribution in [1.82, 2.24) is 19.3 Å². The molecule has 1 aromatic heterocycles. The smallest absolute Gasteiger partial charge is 0.332 e. The molecule has 2 bridgehead atoms. The summed E-state index contributed by atoms with van der Waals surface area (Å²) in [6.07, 6.45) is 0.970. The Labute approximate surface area is 207 Å². The van der Waals surface area contributed by atoms with Gasteiger partial charge in [-0.25, -0.2) is 10.0 Å². The number of imide groups is 2. The minimum atomic E-state index is -1.54. The standard InChI is InChI=1S/C25H29N5O6/c1-26-22(32)25(23(33)27(2)24(26)34,11-16-6-8-19(9-7-16)30(35)36)15-28-12-17-10-18(14-28)20-4-3-5-21(31)29(20)13-17/h3-9,17-18,30,35H,10-15H2,1-2H3/t17-,18+/m0/s1. The molecule has 4 heterocycles. The first kappa shape index (κ1) is 24.3. The highest BCUT2D eigenvalue weighted by Gasteiger charge is 2.56. The van der Waals surface area contributed by atoms with Gasteiger partial charge in [-0.05, 0) is 30.4 Å². The lowest BCUT2D eigenvalue weighted by molar-refractivity contribution is -0.991. The predicted molar refractivity (Wildman–Crippen MR) is 127 cm³/mol. The number of hydrogen-bond acceptors (Lipinski definition) is 7. The van der Waals surface area contributed by atoms with Gasteiger partial charge in [-0.15, -0.1) is 0 Å². The number of likely N-dealkylation sites (tertiary alicyclic amines) is 1. The maximum Gasteiger partial charge on any atom is 0.332 e. The van der Waals surface area contributed by atoms with Gasteiger partial charge in [0.15, 0.2) is 5.69 Å². The SMILES string of the molecule is CN1C(=O)N(C)C(=O)C(Cc2ccc([NH+]([O-])O)cc2)(CN2C[C@@H]3C[C@H](C2)c2cccc(=O)n2C3)C1=O. The van der Waals surface area contributed by atoms with Crippen LogP contribution in [0.15, 0.2) is 47.3 Å². The number of hydrogen-bond donors (Lipinski definition) is 2. The molecular weight excluding hydrogens is 466 g/mol. The van der Waals surface area contributed by atoms with E-state index < -0.39 is 28.5 Å². The normalized spacial score (nSPS) is 24.6. The molecule has 3 atom stereocenters. The van der Waals surface area contributed by atoms with E-state index in [-0.39, 0.29) is 36.0 Å². The van der Waals surface area contributed by atoms with E-state index in [1.54, 1.807) is 24.3 Å². The molecule has 5 rings (SSSR count). The average molecular weight is 496 g/mol. The van der Waals surface area contributed by atoms with Gasteiger partial charge < -0.3 is 14.7 Å². The van der Waals surface area contributed by atoms with Crippen molar-refractivity contribution in [2.24, 2.45) is 11.3 Å². The summed E-state index contributed by atoms with van der Waals surface area (Å²) in [7, 11) is 2.76. The number of amides is 4. The molecule has 2 N–H and O–H groups in total. The number of urea groups is 1. The number of nitrogens with one attached hydrogen (secondary N) is 1. The van der Waals surface area contributed by atoms with Crippen LogP contribution in [0.1, 0.15) is 23.6 Å². The van der Waals surface area contributed by atoms with E-state index >= 15 is 0 Å². The zero-order chi connectivity index (χ0) is 25.8. The molecule has 4 amide bonds. The summed E-state index contributed by atoms with van der Waals surface area (Å²) in [5.41, 5.74) is 0.150. The number of pyridine rings is 1. The lowest BCUT2D eigenvalue weighted by atomic mass is 9.75. The molecule has 2 aromatic rings. The van der Waals surface area contributed by atoms with Gasteiger partial charge in [0, 0.05) is 70.1 Å². The van der Waals surface area contributed by atoms with Crippen LogP contribution in [-0.2, 0) is 22.6 Å². The van der Waals surface area contributed by atoms with Crippen molar-refractivity contribution >= 4 is 23.5 Å². The zero-order valence-corrected chi connectivity index (χ0v) is 20.2. The Balaban J connectivity index is 1.49. The molecule has 0 spiro atoms. The third-order valence-electron chi connectivity index (χ3n) is 7.76. The summed E-state index contributed by atoms with van der Waals surface area (Å²) in [4.78, 5) is 56.3. The fourth-order valence-corrected chi connectivity index (χ4v) is 6.09. The van der Waals surface area contributed by atoms with Crippen molar-refractivity contribution in [3.05, 3.63) is 69.3 Å². The second-order valence-electron chi connectivity index (χ2n) is 10.2. The molecule has 3 aliphatic rings. The van der Waals surface area contributed by atoms with E-state index in [2.05, 4.69) is 4.90 Å². The Bertz CT molecular complexity index is 1250. The first-order valence-corrected chi connectivity index (χ1v) is 12.0. The molecule has 1 unspecified atom stereocenters. The molecule has 11 heteroatoms. The molecule has 0 saturated carbocycles. The van der Waals surface area contributed by atoms with E-state index in [1.165, 1.54) is 26.2 Å². The van der Waals surface area contributed by atoms with Crippen LogP contribution < -0.4 is 10.8 Å². The summed E-state index contributed by atoms with van der Waals surface area (Å²) in [5.74, 6) is -0.825. The molecule has 0 radical (unpaired) electrons. The van der Waals surface area contributed by atoms with Crippen LogP contribution in [-0.4, -0.2) is 76.0 Å². The topological polar surface area (TPSA) is 131 Å². The molecule has 11 nitrogen and oxygen atoms in total. The van der Waals surface area contributed by atoms with Gasteiger partial charge >= 0.3 is 6.03 Å². The van der Waals surface area contributed by atoms with Crippen molar-refractivity contribution in [2.75, 3.05) is 33.7 Å². The Kier molecular flexibility index (Phi) is 6.03. The summed E-state index contributed by atoms with van der Waals surface area (Å²) < 4.78 is 1.83. The quantitative estimate of drug-likeness (QED) is 0.439. The number of carbonyl (C=O) groups is 3. The third kappa shape index (κ3) is 3.94. The average Bonchev–Trinajstić information content (AvgIpc) is 2.86. The largest absolute Gasteiger partial charge is 0.595 e. The van der Waals surface area contributed by atoms with Crippen LogP contribution >= 0.6 is 0 Å². The zero-order valence-electron chi connectivity index (χ0n) is 20.2. The third-order valence-corrected chi connectivity index (χ3v) is 7.76. The van der Waals surface area contributed by atoms with E-state index in [1.807, 2.05) is 10.6 Å². The Morgan fingerprint density at radius 1 is 0.972 bits per heavy atom. The highest BCUT2D eigenvalue weighted by atomic mass is 16.8. The molecule has 0 aliphatic carbocycles. The number of piperidine rings is 1. The second kappa shape index (κ2) is 8.93. The number of rotatable bonds is 5. The van der Waals surface area contributed by atoms with Crippen LogP contribution in [0.5, 0.6) is 0 Å². The summed E-state index contributed by atoms with van der Waals surface area (Å²) in [5, 5.41) is 19.4. The molecule has 2 saturated heterocycles. The van der Waals surface area contributed by atoms with Gasteiger partial charge in [-0.3, -0.25) is 24.2 Å². The molecular formula is C25H29N5O6. The van der Waals surface area contributed by atoms with Gasteiger partial charge in [0.05, 0.1) is 0 Å². The van der Waals surface area contributed by atoms with E-state index in [9.17, 15) is 29.6 Å². The van der Waals surface area contributed by atoms with Crippen molar-refractivity contribution < 1.29 is 24.8 Å². The Morgan fingerprint density at radius 2 is 1.64 bits per heavy atom. The minimum absolute atomic E-state index is 0.0173. The number of aromatic nitrogens is 1. The molecule has 36 heavy (non-hydrogen) atoms. The number of nitrogens with zero attached hydrogens (tertiary/aromatic N) is 4. The first-order valence-electron chi connectivity index (χ1n) is 12.0. The van der Waals surface area contributed by atoms with Crippen LogP contribution in [0.25, 0.3) is 0 Å². The first-order chi connectivity index (χ1) is 17.1. The number of benzene rings is 1. The number of fused-ring (bicyclic) bond motifs is 4. The predicted octanol–water partition coefficient (Wildman–Crippen LogP) is -0.0497. The fourth-order valence-electron chi connectivity index (χ4n) is 6.09. The van der Waals surface area contributed by atoms with Gasteiger partial charge in [0.25, 0.3) is 5.56 Å². The Hall–Kier alpha value is -3.38. The molecule has 3 aliphatic heterocycles. The maximum atomic E-state index is 13.6. The van der Waals surface area contributed by atoms with Crippen LogP contribution in [0.3, 0.4) is 0 Å². The summed E-state index contributed by atoms with van der Waals surface area (Å²) in [6, 6.07) is 10.7. The second-order valence-corrected chi connectivity index (χ2v) is 10.2. The number of barbiturate groups is 1. The van der Waals surface area contributed by atoms with Crippen molar-refractivity contribution in [2.45, 2.75) is 25.3 Å². The molecule has 1 aromatic carbocycles. The molecule has 190 valence electrons. The highest BCUT2D eigenvalue weighted by molar-refractivity contribution is 6.19. The number of carbonyl (C=O) groups excluding carboxylic acids is 3. The van der Waals surface area contributed by atoms with Gasteiger partial charge in [-0.2, -0.15) is 5.23 Å². The summed E-state index contributed by atoms with van der Waals surface area (Å²) >= 11 is 0. The Morgan fingerprint density at radius 3 is 2.28 bits per heavy atom. The highest BCUT2D eigenvalue weighted by Crippen LogP contribution is 2.39. The monoisotopic (exact) mass is 495 g/mol. The van der Waals surface area contributed by atoms with Gasteiger partial charge in [-0.1, -0.05) is 18.2 Å². The van der Waals surface area contributed by atoms with E-state index in [0.29, 0.717) is 25.2 Å². The van der Waals surface area contributed by atoms with E-state index in [0.717, 1.165) is 21.9 Å². The number of quaternary nitrogens is 1. The van der Waals surface area contributed by atoms with Crippen LogP contribution in [0.2, 0.25) is 0 Å². The van der Waals surface area contributed by atoms with Gasteiger partial charge in [0.2, 0.25) is 11.8 Å². The van der Waals surface area contributed by atoms with Crippen molar-refractivity contribution in [3.8, 4) is 0 Å². The van der Waals surface area contributed by atoms with Crippen LogP contribution in [0.4, 0.5) is 10.5 Å². The fraction of sp³-hybridized carbons (Fsp3) is 0.440. The lowest BCUT2D eigenvalue weighted by Crippen LogP contribution is -2.99. The van der Waals surface area contributed by atoms with Gasteiger partial charge in [0.1, 0.15) is 5.41 Å².